The second-order valence-corrected chi connectivity index (χ2v) is 5.51. The number of benzene rings is 2. The van der Waals surface area contributed by atoms with Gasteiger partial charge in [-0.05, 0) is 35.3 Å². The molecule has 1 heterocycles. The minimum absolute atomic E-state index is 0.374. The fourth-order valence-corrected chi connectivity index (χ4v) is 3.16. The second kappa shape index (κ2) is 4.38. The summed E-state index contributed by atoms with van der Waals surface area (Å²) in [7, 11) is 0. The maximum Gasteiger partial charge on any atom is 0.130 e. The topological polar surface area (TPSA) is 9.23 Å². The minimum atomic E-state index is 0.374. The molecule has 98 valence electrons. The Bertz CT molecular complexity index is 710. The summed E-state index contributed by atoms with van der Waals surface area (Å²) in [6, 6.07) is 17.0. The van der Waals surface area contributed by atoms with Gasteiger partial charge in [-0.2, -0.15) is 0 Å². The van der Waals surface area contributed by atoms with E-state index in [1.807, 2.05) is 0 Å². The number of rotatable bonds is 1. The maximum atomic E-state index is 5.98. The minimum Gasteiger partial charge on any atom is -0.461 e. The zero-order chi connectivity index (χ0) is 13.5. The smallest absolute Gasteiger partial charge is 0.130 e. The summed E-state index contributed by atoms with van der Waals surface area (Å²) in [5.41, 5.74) is 3.83. The highest BCUT2D eigenvalue weighted by atomic mass is 16.5. The molecule has 0 spiro atoms. The van der Waals surface area contributed by atoms with Crippen LogP contribution in [0.15, 0.2) is 72.5 Å². The first-order valence-electron chi connectivity index (χ1n) is 7.08. The van der Waals surface area contributed by atoms with Crippen LogP contribution in [-0.4, -0.2) is 0 Å². The van der Waals surface area contributed by atoms with Gasteiger partial charge in [0.25, 0.3) is 0 Å². The summed E-state index contributed by atoms with van der Waals surface area (Å²) in [6.07, 6.45) is 6.44. The van der Waals surface area contributed by atoms with Gasteiger partial charge in [0.05, 0.1) is 5.92 Å². The number of hydrogen-bond acceptors (Lipinski definition) is 1. The Balaban J connectivity index is 1.82. The molecule has 2 aliphatic rings. The predicted molar refractivity (Wildman–Crippen MR) is 81.6 cm³/mol. The lowest BCUT2D eigenvalue weighted by atomic mass is 9.83. The molecule has 1 aliphatic heterocycles. The molecule has 0 fully saturated rings. The average Bonchev–Trinajstić information content (AvgIpc) is 2.87. The van der Waals surface area contributed by atoms with E-state index in [-0.39, 0.29) is 0 Å². The van der Waals surface area contributed by atoms with Gasteiger partial charge in [-0.15, -0.1) is 0 Å². The van der Waals surface area contributed by atoms with Gasteiger partial charge in [-0.3, -0.25) is 0 Å². The van der Waals surface area contributed by atoms with Crippen molar-refractivity contribution in [3.05, 3.63) is 78.1 Å². The molecule has 0 amide bonds. The van der Waals surface area contributed by atoms with Gasteiger partial charge < -0.3 is 4.74 Å². The SMILES string of the molecule is CC1C=CC=C2Oc3ccc(-c4ccccc4)cc3C21. The molecule has 2 atom stereocenters. The van der Waals surface area contributed by atoms with E-state index >= 15 is 0 Å². The van der Waals surface area contributed by atoms with Crippen LogP contribution >= 0.6 is 0 Å². The van der Waals surface area contributed by atoms with E-state index in [1.54, 1.807) is 0 Å². The first-order chi connectivity index (χ1) is 9.83. The molecule has 2 aromatic rings. The first kappa shape index (κ1) is 11.5. The van der Waals surface area contributed by atoms with Crippen molar-refractivity contribution in [2.75, 3.05) is 0 Å². The van der Waals surface area contributed by atoms with E-state index in [0.717, 1.165) is 11.5 Å². The average molecular weight is 260 g/mol. The molecule has 0 radical (unpaired) electrons. The standard InChI is InChI=1S/C19H16O/c1-13-6-5-9-18-19(13)16-12-15(10-11-17(16)20-18)14-7-3-2-4-8-14/h2-13,19H,1H3. The van der Waals surface area contributed by atoms with Crippen molar-refractivity contribution in [2.24, 2.45) is 5.92 Å². The number of hydrogen-bond donors (Lipinski definition) is 0. The molecule has 0 aromatic heterocycles. The van der Waals surface area contributed by atoms with Gasteiger partial charge in [0.15, 0.2) is 0 Å². The van der Waals surface area contributed by atoms with E-state index in [2.05, 4.69) is 73.7 Å². The zero-order valence-electron chi connectivity index (χ0n) is 11.4. The number of fused-ring (bicyclic) bond motifs is 3. The van der Waals surface area contributed by atoms with Crippen LogP contribution in [0.5, 0.6) is 5.75 Å². The third-order valence-electron chi connectivity index (χ3n) is 4.19. The van der Waals surface area contributed by atoms with Gasteiger partial charge in [0.1, 0.15) is 11.5 Å². The molecule has 2 aromatic carbocycles. The van der Waals surface area contributed by atoms with E-state index in [4.69, 9.17) is 4.74 Å². The van der Waals surface area contributed by atoms with Gasteiger partial charge >= 0.3 is 0 Å². The molecule has 1 aliphatic carbocycles. The number of ether oxygens (including phenoxy) is 1. The Labute approximate surface area is 119 Å². The van der Waals surface area contributed by atoms with Crippen molar-refractivity contribution >= 4 is 0 Å². The monoisotopic (exact) mass is 260 g/mol. The molecule has 0 N–H and O–H groups in total. The Morgan fingerprint density at radius 2 is 1.80 bits per heavy atom. The Hall–Kier alpha value is -2.28. The maximum absolute atomic E-state index is 5.98. The van der Waals surface area contributed by atoms with Gasteiger partial charge in [-0.25, -0.2) is 0 Å². The molecule has 0 saturated carbocycles. The van der Waals surface area contributed by atoms with Crippen molar-refractivity contribution in [1.82, 2.24) is 0 Å². The van der Waals surface area contributed by atoms with Crippen LogP contribution in [-0.2, 0) is 0 Å². The summed E-state index contributed by atoms with van der Waals surface area (Å²) in [5, 5.41) is 0. The van der Waals surface area contributed by atoms with E-state index in [9.17, 15) is 0 Å². The van der Waals surface area contributed by atoms with Crippen molar-refractivity contribution < 1.29 is 4.74 Å². The highest BCUT2D eigenvalue weighted by molar-refractivity contribution is 5.67. The second-order valence-electron chi connectivity index (χ2n) is 5.51. The van der Waals surface area contributed by atoms with Crippen molar-refractivity contribution in [3.8, 4) is 16.9 Å². The van der Waals surface area contributed by atoms with Crippen LogP contribution in [0.25, 0.3) is 11.1 Å². The number of allylic oxidation sites excluding steroid dienone is 4. The highest BCUT2D eigenvalue weighted by Gasteiger charge is 2.34. The van der Waals surface area contributed by atoms with E-state index in [0.29, 0.717) is 11.8 Å². The molecule has 1 nitrogen and oxygen atoms in total. The fraction of sp³-hybridized carbons (Fsp3) is 0.158. The lowest BCUT2D eigenvalue weighted by molar-refractivity contribution is 0.404. The first-order valence-corrected chi connectivity index (χ1v) is 7.08. The normalized spacial score (nSPS) is 22.8. The Morgan fingerprint density at radius 1 is 0.950 bits per heavy atom. The summed E-state index contributed by atoms with van der Waals surface area (Å²) in [5.74, 6) is 2.96. The molecule has 4 rings (SSSR count). The quantitative estimate of drug-likeness (QED) is 0.707. The zero-order valence-corrected chi connectivity index (χ0v) is 11.4. The Kier molecular flexibility index (Phi) is 2.53. The molecule has 20 heavy (non-hydrogen) atoms. The highest BCUT2D eigenvalue weighted by Crippen LogP contribution is 2.47. The van der Waals surface area contributed by atoms with Crippen LogP contribution in [0, 0.1) is 5.92 Å². The summed E-state index contributed by atoms with van der Waals surface area (Å²) >= 11 is 0. The van der Waals surface area contributed by atoms with Gasteiger partial charge in [-0.1, -0.05) is 55.5 Å². The largest absolute Gasteiger partial charge is 0.461 e. The predicted octanol–water partition coefficient (Wildman–Crippen LogP) is 4.92. The third-order valence-corrected chi connectivity index (χ3v) is 4.19. The van der Waals surface area contributed by atoms with E-state index < -0.39 is 0 Å². The lowest BCUT2D eigenvalue weighted by Crippen LogP contribution is -2.10. The van der Waals surface area contributed by atoms with E-state index in [1.165, 1.54) is 16.7 Å². The van der Waals surface area contributed by atoms with Crippen molar-refractivity contribution in [3.63, 3.8) is 0 Å². The third kappa shape index (κ3) is 1.70. The summed E-state index contributed by atoms with van der Waals surface area (Å²) < 4.78 is 5.98. The molecule has 1 heteroatoms. The lowest BCUT2D eigenvalue weighted by Gasteiger charge is -2.19. The fourth-order valence-electron chi connectivity index (χ4n) is 3.16. The molecular weight excluding hydrogens is 244 g/mol. The Morgan fingerprint density at radius 3 is 2.65 bits per heavy atom. The van der Waals surface area contributed by atoms with Crippen LogP contribution in [0.2, 0.25) is 0 Å². The molecular formula is C19H16O. The van der Waals surface area contributed by atoms with Crippen LogP contribution < -0.4 is 4.74 Å². The van der Waals surface area contributed by atoms with Crippen LogP contribution in [0.3, 0.4) is 0 Å². The molecule has 0 saturated heterocycles. The van der Waals surface area contributed by atoms with Crippen LogP contribution in [0.4, 0.5) is 0 Å². The summed E-state index contributed by atoms with van der Waals surface area (Å²) in [6.45, 7) is 2.25. The van der Waals surface area contributed by atoms with Gasteiger partial charge in [0.2, 0.25) is 0 Å². The van der Waals surface area contributed by atoms with Crippen LogP contribution in [0.1, 0.15) is 18.4 Å². The summed E-state index contributed by atoms with van der Waals surface area (Å²) in [4.78, 5) is 0. The molecule has 2 unspecified atom stereocenters. The van der Waals surface area contributed by atoms with Crippen molar-refractivity contribution in [1.29, 1.82) is 0 Å². The van der Waals surface area contributed by atoms with Crippen molar-refractivity contribution in [2.45, 2.75) is 12.8 Å². The van der Waals surface area contributed by atoms with Gasteiger partial charge in [0, 0.05) is 5.56 Å². The molecule has 0 bridgehead atoms.